The molecule has 1 fully saturated rings. The first kappa shape index (κ1) is 24.1. The fraction of sp³-hybridized carbons (Fsp3) is 0.458. The molecule has 0 aliphatic heterocycles. The lowest BCUT2D eigenvalue weighted by Gasteiger charge is -2.25. The van der Waals surface area contributed by atoms with Gasteiger partial charge in [0, 0.05) is 19.6 Å². The van der Waals surface area contributed by atoms with E-state index in [0.29, 0.717) is 18.3 Å². The van der Waals surface area contributed by atoms with Crippen molar-refractivity contribution < 1.29 is 17.9 Å². The van der Waals surface area contributed by atoms with Crippen molar-refractivity contribution in [1.29, 1.82) is 0 Å². The minimum atomic E-state index is -3.78. The molecule has 0 spiro atoms. The van der Waals surface area contributed by atoms with Gasteiger partial charge in [-0.1, -0.05) is 50.3 Å². The summed E-state index contributed by atoms with van der Waals surface area (Å²) in [5.41, 5.74) is 1.45. The molecule has 1 aliphatic rings. The number of carbonyl (C=O) groups is 1. The van der Waals surface area contributed by atoms with Crippen molar-refractivity contribution in [3.63, 3.8) is 0 Å². The van der Waals surface area contributed by atoms with Crippen molar-refractivity contribution in [1.82, 2.24) is 10.6 Å². The van der Waals surface area contributed by atoms with E-state index < -0.39 is 16.1 Å². The van der Waals surface area contributed by atoms with Gasteiger partial charge in [-0.2, -0.15) is 0 Å². The van der Waals surface area contributed by atoms with E-state index in [0.717, 1.165) is 17.9 Å². The molecule has 0 aromatic heterocycles. The second-order valence-corrected chi connectivity index (χ2v) is 10.1. The Balaban J connectivity index is 1.62. The van der Waals surface area contributed by atoms with Gasteiger partial charge in [-0.05, 0) is 55.2 Å². The van der Waals surface area contributed by atoms with Crippen LogP contribution in [0.5, 0.6) is 5.75 Å². The summed E-state index contributed by atoms with van der Waals surface area (Å²) in [7, 11) is -2.33. The number of para-hydroxylation sites is 1. The molecule has 0 bridgehead atoms. The Hall–Kier alpha value is -2.58. The van der Waals surface area contributed by atoms with Crippen LogP contribution in [0.25, 0.3) is 0 Å². The van der Waals surface area contributed by atoms with E-state index in [9.17, 15) is 13.2 Å². The van der Waals surface area contributed by atoms with Crippen LogP contribution in [0.3, 0.4) is 0 Å². The van der Waals surface area contributed by atoms with Crippen molar-refractivity contribution >= 4 is 21.8 Å². The van der Waals surface area contributed by atoms with E-state index in [1.165, 1.54) is 63.4 Å². The number of amides is 1. The average molecular weight is 460 g/mol. The van der Waals surface area contributed by atoms with Crippen LogP contribution in [-0.4, -0.2) is 27.6 Å². The molecule has 1 unspecified atom stereocenters. The summed E-state index contributed by atoms with van der Waals surface area (Å²) >= 11 is 0. The van der Waals surface area contributed by atoms with Gasteiger partial charge in [0.05, 0.1) is 10.6 Å². The maximum Gasteiger partial charge on any atom is 0.412 e. The third kappa shape index (κ3) is 6.97. The van der Waals surface area contributed by atoms with Crippen LogP contribution in [-0.2, 0) is 16.6 Å². The monoisotopic (exact) mass is 459 g/mol. The first-order valence-corrected chi connectivity index (χ1v) is 12.7. The second-order valence-electron chi connectivity index (χ2n) is 8.40. The molecule has 2 aromatic rings. The van der Waals surface area contributed by atoms with Gasteiger partial charge in [0.25, 0.3) is 10.0 Å². The van der Waals surface area contributed by atoms with Crippen LogP contribution in [0.15, 0.2) is 53.4 Å². The molecular weight excluding hydrogens is 426 g/mol. The van der Waals surface area contributed by atoms with Crippen LogP contribution >= 0.6 is 0 Å². The second kappa shape index (κ2) is 11.3. The maximum atomic E-state index is 12.9. The van der Waals surface area contributed by atoms with E-state index in [1.54, 1.807) is 6.07 Å². The Labute approximate surface area is 191 Å². The van der Waals surface area contributed by atoms with Gasteiger partial charge in [0.1, 0.15) is 5.75 Å². The molecule has 0 heterocycles. The van der Waals surface area contributed by atoms with E-state index in [-0.39, 0.29) is 10.6 Å². The first-order valence-electron chi connectivity index (χ1n) is 11.2. The van der Waals surface area contributed by atoms with Crippen LogP contribution in [0.2, 0.25) is 0 Å². The molecule has 0 saturated heterocycles. The Morgan fingerprint density at radius 1 is 1.06 bits per heavy atom. The van der Waals surface area contributed by atoms with Crippen molar-refractivity contribution in [3.8, 4) is 5.75 Å². The third-order valence-corrected chi connectivity index (χ3v) is 7.24. The number of rotatable bonds is 9. The summed E-state index contributed by atoms with van der Waals surface area (Å²) in [6.45, 7) is 2.79. The zero-order valence-corrected chi connectivity index (χ0v) is 19.6. The lowest BCUT2D eigenvalue weighted by atomic mass is 9.85. The molecule has 32 heavy (non-hydrogen) atoms. The van der Waals surface area contributed by atoms with Crippen LogP contribution in [0, 0.1) is 5.92 Å². The molecule has 3 rings (SSSR count). The zero-order chi connectivity index (χ0) is 23.0. The minimum Gasteiger partial charge on any atom is -0.410 e. The molecule has 3 N–H and O–H groups in total. The number of sulfonamides is 1. The van der Waals surface area contributed by atoms with Crippen molar-refractivity contribution in [3.05, 3.63) is 54.1 Å². The lowest BCUT2D eigenvalue weighted by molar-refractivity contribution is 0.203. The third-order valence-electron chi connectivity index (χ3n) is 5.86. The van der Waals surface area contributed by atoms with Crippen molar-refractivity contribution in [2.24, 2.45) is 5.92 Å². The first-order chi connectivity index (χ1) is 15.4. The summed E-state index contributed by atoms with van der Waals surface area (Å²) in [5.74, 6) is 1.05. The molecule has 1 saturated carbocycles. The maximum absolute atomic E-state index is 12.9. The molecule has 7 nitrogen and oxygen atoms in total. The molecule has 2 aromatic carbocycles. The Morgan fingerprint density at radius 3 is 2.44 bits per heavy atom. The fourth-order valence-corrected chi connectivity index (χ4v) is 5.21. The predicted octanol–water partition coefficient (Wildman–Crippen LogP) is 4.65. The molecule has 1 atom stereocenters. The van der Waals surface area contributed by atoms with Crippen molar-refractivity contribution in [2.45, 2.75) is 62.9 Å². The van der Waals surface area contributed by atoms with Gasteiger partial charge in [-0.15, -0.1) is 0 Å². The molecule has 0 radical (unpaired) electrons. The van der Waals surface area contributed by atoms with E-state index in [1.807, 2.05) is 18.2 Å². The molecule has 1 amide bonds. The number of hydrogen-bond donors (Lipinski definition) is 3. The average Bonchev–Trinajstić information content (AvgIpc) is 2.79. The predicted molar refractivity (Wildman–Crippen MR) is 126 cm³/mol. The quantitative estimate of drug-likeness (QED) is 0.507. The number of carbonyl (C=O) groups excluding carboxylic acids is 1. The largest absolute Gasteiger partial charge is 0.412 e. The van der Waals surface area contributed by atoms with E-state index in [2.05, 4.69) is 22.3 Å². The Morgan fingerprint density at radius 2 is 1.75 bits per heavy atom. The van der Waals surface area contributed by atoms with Gasteiger partial charge >= 0.3 is 6.09 Å². The highest BCUT2D eigenvalue weighted by molar-refractivity contribution is 7.92. The summed E-state index contributed by atoms with van der Waals surface area (Å²) < 4.78 is 33.5. The summed E-state index contributed by atoms with van der Waals surface area (Å²) in [5, 5.41) is 5.90. The lowest BCUT2D eigenvalue weighted by Crippen LogP contribution is -2.29. The topological polar surface area (TPSA) is 96.5 Å². The number of nitrogens with one attached hydrogen (secondary N) is 3. The Bertz CT molecular complexity index is 987. The molecular formula is C24H33N3O4S. The highest BCUT2D eigenvalue weighted by Crippen LogP contribution is 2.27. The van der Waals surface area contributed by atoms with Gasteiger partial charge in [0.15, 0.2) is 0 Å². The van der Waals surface area contributed by atoms with Crippen LogP contribution in [0.1, 0.15) is 51.0 Å². The number of benzene rings is 2. The number of hydrogen-bond acceptors (Lipinski definition) is 5. The molecule has 8 heteroatoms. The van der Waals surface area contributed by atoms with Crippen LogP contribution in [0.4, 0.5) is 10.5 Å². The van der Waals surface area contributed by atoms with Crippen LogP contribution < -0.4 is 20.1 Å². The summed E-state index contributed by atoms with van der Waals surface area (Å²) in [6, 6.07) is 13.5. The number of ether oxygens (including phenoxy) is 1. The minimum absolute atomic E-state index is 0.0928. The Kier molecular flexibility index (Phi) is 8.53. The molecule has 174 valence electrons. The standard InChI is InChI=1S/C24H33N3O4S/c1-18(16-19-8-4-3-5-9-19)26-17-20-10-6-7-11-23(20)27-32(29,30)22-14-12-21(13-15-22)31-24(28)25-2/h6-7,10-15,18-19,26-27H,3-5,8-9,16-17H2,1-2H3,(H,25,28). The zero-order valence-electron chi connectivity index (χ0n) is 18.8. The summed E-state index contributed by atoms with van der Waals surface area (Å²) in [6.07, 6.45) is 7.19. The normalized spacial score (nSPS) is 15.7. The van der Waals surface area contributed by atoms with Gasteiger partial charge in [-0.3, -0.25) is 4.72 Å². The highest BCUT2D eigenvalue weighted by atomic mass is 32.2. The van der Waals surface area contributed by atoms with Gasteiger partial charge < -0.3 is 15.4 Å². The molecule has 1 aliphatic carbocycles. The van der Waals surface area contributed by atoms with E-state index in [4.69, 9.17) is 4.74 Å². The van der Waals surface area contributed by atoms with Gasteiger partial charge in [0.2, 0.25) is 0 Å². The smallest absolute Gasteiger partial charge is 0.410 e. The fourth-order valence-electron chi connectivity index (χ4n) is 4.11. The summed E-state index contributed by atoms with van der Waals surface area (Å²) in [4.78, 5) is 11.4. The SMILES string of the molecule is CNC(=O)Oc1ccc(S(=O)(=O)Nc2ccccc2CNC(C)CC2CCCCC2)cc1. The van der Waals surface area contributed by atoms with Gasteiger partial charge in [-0.25, -0.2) is 13.2 Å². The van der Waals surface area contributed by atoms with Crippen molar-refractivity contribution in [2.75, 3.05) is 11.8 Å². The van der Waals surface area contributed by atoms with E-state index >= 15 is 0 Å². The highest BCUT2D eigenvalue weighted by Gasteiger charge is 2.18. The number of anilines is 1.